The van der Waals surface area contributed by atoms with Crippen LogP contribution in [-0.4, -0.2) is 34.4 Å². The van der Waals surface area contributed by atoms with Gasteiger partial charge in [-0.25, -0.2) is 0 Å². The van der Waals surface area contributed by atoms with Crippen LogP contribution >= 0.6 is 0 Å². The summed E-state index contributed by atoms with van der Waals surface area (Å²) in [6.45, 7) is 5.03. The fourth-order valence-electron chi connectivity index (χ4n) is 3.51. The summed E-state index contributed by atoms with van der Waals surface area (Å²) in [5.74, 6) is 0.693. The highest BCUT2D eigenvalue weighted by Gasteiger charge is 2.49. The topological polar surface area (TPSA) is 78.9 Å². The second kappa shape index (κ2) is 4.78. The van der Waals surface area contributed by atoms with Gasteiger partial charge >= 0.3 is 0 Å². The van der Waals surface area contributed by atoms with Gasteiger partial charge in [-0.1, -0.05) is 24.9 Å². The largest absolute Gasteiger partial charge is 0.409 e. The van der Waals surface area contributed by atoms with Crippen molar-refractivity contribution in [3.05, 3.63) is 0 Å². The Morgan fingerprint density at radius 3 is 2.44 bits per heavy atom. The van der Waals surface area contributed by atoms with Crippen molar-refractivity contribution in [2.75, 3.05) is 6.54 Å². The number of hydrogen-bond acceptors (Lipinski definition) is 3. The van der Waals surface area contributed by atoms with Crippen molar-refractivity contribution < 1.29 is 10.0 Å². The number of rotatable bonds is 2. The Morgan fingerprint density at radius 2 is 2.00 bits per heavy atom. The number of nitrogens with two attached hydrogens (primary N) is 1. The Balaban J connectivity index is 2.25. The highest BCUT2D eigenvalue weighted by atomic mass is 16.4. The Morgan fingerprint density at radius 1 is 1.39 bits per heavy atom. The predicted molar refractivity (Wildman–Crippen MR) is 69.3 cm³/mol. The van der Waals surface area contributed by atoms with Gasteiger partial charge < -0.3 is 15.8 Å². The molecule has 0 bridgehead atoms. The Bertz CT molecular complexity index is 361. The number of nitrogens with zero attached hydrogens (tertiary/aromatic N) is 2. The van der Waals surface area contributed by atoms with E-state index in [1.165, 1.54) is 0 Å². The van der Waals surface area contributed by atoms with E-state index in [4.69, 9.17) is 10.9 Å². The molecule has 1 aliphatic carbocycles. The van der Waals surface area contributed by atoms with Gasteiger partial charge in [0.25, 0.3) is 0 Å². The minimum atomic E-state index is -0.743. The van der Waals surface area contributed by atoms with Crippen molar-refractivity contribution in [2.45, 2.75) is 52.0 Å². The molecule has 2 unspecified atom stereocenters. The third-order valence-electron chi connectivity index (χ3n) is 4.51. The quantitative estimate of drug-likeness (QED) is 0.339. The molecule has 0 spiro atoms. The van der Waals surface area contributed by atoms with E-state index in [2.05, 4.69) is 19.0 Å². The number of carbonyl (C=O) groups is 1. The van der Waals surface area contributed by atoms with Crippen molar-refractivity contribution in [1.29, 1.82) is 0 Å². The average Bonchev–Trinajstić information content (AvgIpc) is 2.95. The van der Waals surface area contributed by atoms with Crippen LogP contribution in [0.3, 0.4) is 0 Å². The summed E-state index contributed by atoms with van der Waals surface area (Å²) in [4.78, 5) is 14.7. The smallest absolute Gasteiger partial charge is 0.236 e. The molecule has 1 amide bonds. The van der Waals surface area contributed by atoms with E-state index >= 15 is 0 Å². The summed E-state index contributed by atoms with van der Waals surface area (Å²) in [6.07, 6.45) is 4.40. The zero-order chi connectivity index (χ0) is 13.3. The van der Waals surface area contributed by atoms with Crippen molar-refractivity contribution in [1.82, 2.24) is 4.90 Å². The fourth-order valence-corrected chi connectivity index (χ4v) is 3.51. The van der Waals surface area contributed by atoms with E-state index in [9.17, 15) is 4.79 Å². The molecule has 1 aliphatic heterocycles. The standard InChI is InChI=1S/C13H23N3O2/c1-9-7-10(2)16(8-9)12(17)13(11(14)15-18)5-3-4-6-13/h9-10,18H,3-8H2,1-2H3,(H2,14,15). The molecule has 5 nitrogen and oxygen atoms in total. The molecule has 0 aromatic heterocycles. The van der Waals surface area contributed by atoms with E-state index in [1.807, 2.05) is 4.90 Å². The lowest BCUT2D eigenvalue weighted by Crippen LogP contribution is -2.51. The Kier molecular flexibility index (Phi) is 3.50. The number of amides is 1. The minimum absolute atomic E-state index is 0.0622. The van der Waals surface area contributed by atoms with Gasteiger partial charge in [-0.05, 0) is 32.1 Å². The highest BCUT2D eigenvalue weighted by molar-refractivity contribution is 6.07. The molecule has 3 N–H and O–H groups in total. The third-order valence-corrected chi connectivity index (χ3v) is 4.51. The molecule has 1 saturated heterocycles. The maximum atomic E-state index is 12.8. The molecule has 0 aromatic carbocycles. The summed E-state index contributed by atoms with van der Waals surface area (Å²) in [5, 5.41) is 12.1. The predicted octanol–water partition coefficient (Wildman–Crippen LogP) is 1.55. The molecule has 1 saturated carbocycles. The van der Waals surface area contributed by atoms with Gasteiger partial charge in [0.1, 0.15) is 5.41 Å². The van der Waals surface area contributed by atoms with Crippen molar-refractivity contribution in [2.24, 2.45) is 22.2 Å². The van der Waals surface area contributed by atoms with E-state index in [-0.39, 0.29) is 17.8 Å². The van der Waals surface area contributed by atoms with E-state index in [0.717, 1.165) is 25.8 Å². The monoisotopic (exact) mass is 253 g/mol. The van der Waals surface area contributed by atoms with Gasteiger partial charge in [-0.2, -0.15) is 0 Å². The summed E-state index contributed by atoms with van der Waals surface area (Å²) < 4.78 is 0. The van der Waals surface area contributed by atoms with Crippen LogP contribution in [0.5, 0.6) is 0 Å². The highest BCUT2D eigenvalue weighted by Crippen LogP contribution is 2.41. The van der Waals surface area contributed by atoms with Gasteiger partial charge in [0.05, 0.1) is 0 Å². The number of carbonyl (C=O) groups excluding carboxylic acids is 1. The average molecular weight is 253 g/mol. The van der Waals surface area contributed by atoms with Crippen LogP contribution < -0.4 is 5.73 Å². The summed E-state index contributed by atoms with van der Waals surface area (Å²) >= 11 is 0. The van der Waals surface area contributed by atoms with Gasteiger partial charge in [0, 0.05) is 12.6 Å². The summed E-state index contributed by atoms with van der Waals surface area (Å²) in [5.41, 5.74) is 5.07. The Labute approximate surface area is 108 Å². The molecule has 102 valence electrons. The first-order valence-electron chi connectivity index (χ1n) is 6.80. The summed E-state index contributed by atoms with van der Waals surface area (Å²) in [7, 11) is 0. The Hall–Kier alpha value is -1.26. The number of likely N-dealkylation sites (tertiary alicyclic amines) is 1. The molecule has 1 heterocycles. The normalized spacial score (nSPS) is 31.9. The number of oxime groups is 1. The van der Waals surface area contributed by atoms with Gasteiger partial charge in [-0.3, -0.25) is 4.79 Å². The van der Waals surface area contributed by atoms with Gasteiger partial charge in [0.15, 0.2) is 5.84 Å². The molecule has 0 radical (unpaired) electrons. The zero-order valence-electron chi connectivity index (χ0n) is 11.2. The minimum Gasteiger partial charge on any atom is -0.409 e. The lowest BCUT2D eigenvalue weighted by atomic mass is 9.83. The van der Waals surface area contributed by atoms with E-state index in [1.54, 1.807) is 0 Å². The van der Waals surface area contributed by atoms with E-state index in [0.29, 0.717) is 18.8 Å². The molecular weight excluding hydrogens is 230 g/mol. The maximum absolute atomic E-state index is 12.8. The van der Waals surface area contributed by atoms with E-state index < -0.39 is 5.41 Å². The molecule has 0 aromatic rings. The lowest BCUT2D eigenvalue weighted by Gasteiger charge is -2.33. The van der Waals surface area contributed by atoms with Crippen molar-refractivity contribution in [3.63, 3.8) is 0 Å². The molecule has 2 atom stereocenters. The maximum Gasteiger partial charge on any atom is 0.236 e. The first-order chi connectivity index (χ1) is 8.51. The van der Waals surface area contributed by atoms with Crippen LogP contribution in [0.25, 0.3) is 0 Å². The third kappa shape index (κ3) is 1.95. The molecular formula is C13H23N3O2. The molecule has 18 heavy (non-hydrogen) atoms. The van der Waals surface area contributed by atoms with Crippen LogP contribution in [-0.2, 0) is 4.79 Å². The van der Waals surface area contributed by atoms with Crippen LogP contribution in [0.4, 0.5) is 0 Å². The fraction of sp³-hybridized carbons (Fsp3) is 0.846. The first kappa shape index (κ1) is 13.2. The van der Waals surface area contributed by atoms with Crippen LogP contribution in [0, 0.1) is 11.3 Å². The second-order valence-electron chi connectivity index (χ2n) is 5.92. The first-order valence-corrected chi connectivity index (χ1v) is 6.80. The number of amidine groups is 1. The molecule has 5 heteroatoms. The molecule has 2 aliphatic rings. The van der Waals surface area contributed by atoms with Crippen molar-refractivity contribution >= 4 is 11.7 Å². The van der Waals surface area contributed by atoms with Gasteiger partial charge in [0.2, 0.25) is 5.91 Å². The second-order valence-corrected chi connectivity index (χ2v) is 5.92. The van der Waals surface area contributed by atoms with Crippen LogP contribution in [0.2, 0.25) is 0 Å². The lowest BCUT2D eigenvalue weighted by molar-refractivity contribution is -0.139. The molecule has 2 fully saturated rings. The van der Waals surface area contributed by atoms with Crippen molar-refractivity contribution in [3.8, 4) is 0 Å². The zero-order valence-corrected chi connectivity index (χ0v) is 11.2. The van der Waals surface area contributed by atoms with Gasteiger partial charge in [-0.15, -0.1) is 0 Å². The number of hydrogen-bond donors (Lipinski definition) is 2. The van der Waals surface area contributed by atoms with Crippen LogP contribution in [0.15, 0.2) is 5.16 Å². The SMILES string of the molecule is CC1CC(C)N(C(=O)C2(C(N)=NO)CCCC2)C1. The molecule has 2 rings (SSSR count). The summed E-state index contributed by atoms with van der Waals surface area (Å²) in [6, 6.07) is 0.261. The van der Waals surface area contributed by atoms with Crippen LogP contribution in [0.1, 0.15) is 46.0 Å².